The Morgan fingerprint density at radius 1 is 0.241 bits per heavy atom. The highest BCUT2D eigenvalue weighted by atomic mass is 16.3. The molecule has 9 heteroatoms. The Labute approximate surface area is 500 Å². The Kier molecular flexibility index (Phi) is 9.50. The standard InChI is InChI=1S/C78H46B2N4O3/c1-2-19-48(20-3-1)81-62-44-41-47(45-58(62)80-55-25-6-9-28-59(55)82(66-34-15-33-65(81)76(66)80)49-42-43-52-51-21-4-12-37-69(51)86-73(52)46-49)50-23-14-24-54-75-64(32-18-40-72(75)87-78(50)54)84-61-30-11-8-27-57(61)79-56-26-7-10-29-60(56)83(67-35-16-36-68(84)77(67)79)63-31-17-39-71-74(63)53-22-5-13-38-70(53)85-71/h1-46H. The zero-order valence-corrected chi connectivity index (χ0v) is 46.7. The van der Waals surface area contributed by atoms with Crippen molar-refractivity contribution in [1.82, 2.24) is 0 Å². The molecule has 0 bridgehead atoms. The molecule has 4 aliphatic heterocycles. The number of hydrogen-bond acceptors (Lipinski definition) is 7. The average molecular weight is 1110 g/mol. The van der Waals surface area contributed by atoms with Crippen LogP contribution in [0.5, 0.6) is 0 Å². The molecule has 7 heterocycles. The van der Waals surface area contributed by atoms with Crippen molar-refractivity contribution in [2.75, 3.05) is 19.6 Å². The highest BCUT2D eigenvalue weighted by Crippen LogP contribution is 2.51. The van der Waals surface area contributed by atoms with Gasteiger partial charge in [-0.05, 0) is 148 Å². The number of rotatable bonds is 5. The van der Waals surface area contributed by atoms with Crippen molar-refractivity contribution in [3.8, 4) is 11.1 Å². The van der Waals surface area contributed by atoms with Crippen LogP contribution in [-0.2, 0) is 0 Å². The van der Waals surface area contributed by atoms with Gasteiger partial charge in [-0.2, -0.15) is 0 Å². The lowest BCUT2D eigenvalue weighted by Crippen LogP contribution is -2.61. The number of furan rings is 3. The fourth-order valence-corrected chi connectivity index (χ4v) is 15.6. The largest absolute Gasteiger partial charge is 0.456 e. The van der Waals surface area contributed by atoms with Gasteiger partial charge >= 0.3 is 0 Å². The summed E-state index contributed by atoms with van der Waals surface area (Å²) in [6.07, 6.45) is 0. The lowest BCUT2D eigenvalue weighted by molar-refractivity contribution is 0.668. The smallest absolute Gasteiger partial charge is 0.252 e. The lowest BCUT2D eigenvalue weighted by atomic mass is 9.33. The summed E-state index contributed by atoms with van der Waals surface area (Å²) in [5.41, 5.74) is 28.3. The monoisotopic (exact) mass is 1110 g/mol. The second kappa shape index (κ2) is 17.6. The van der Waals surface area contributed by atoms with Gasteiger partial charge in [0.25, 0.3) is 13.4 Å². The molecule has 3 aromatic heterocycles. The molecular weight excluding hydrogens is 1060 g/mol. The molecule has 20 rings (SSSR count). The van der Waals surface area contributed by atoms with Crippen molar-refractivity contribution in [2.24, 2.45) is 0 Å². The first-order chi connectivity index (χ1) is 43.2. The van der Waals surface area contributed by atoms with E-state index in [0.29, 0.717) is 0 Å². The summed E-state index contributed by atoms with van der Waals surface area (Å²) < 4.78 is 20.4. The van der Waals surface area contributed by atoms with Crippen LogP contribution < -0.4 is 52.4 Å². The average Bonchev–Trinajstić information content (AvgIpc) is 1.10. The minimum Gasteiger partial charge on any atom is -0.456 e. The summed E-state index contributed by atoms with van der Waals surface area (Å²) in [4.78, 5) is 9.87. The van der Waals surface area contributed by atoms with Crippen LogP contribution in [0.15, 0.2) is 292 Å². The molecular formula is C78H46B2N4O3. The molecule has 0 radical (unpaired) electrons. The van der Waals surface area contributed by atoms with Gasteiger partial charge in [-0.15, -0.1) is 0 Å². The SMILES string of the molecule is c1ccc(N2c3ccc(-c4cccc5c4oc4cccc(N6c7ccccc7B7c8ccccc8N(c8cccc9oc%10ccccc%10c89)c8cccc6c87)c45)cc3B3c4ccccc4N(c4ccc5c(c4)oc4ccccc45)c4cccc2c43)cc1. The molecule has 16 aromatic rings. The zero-order valence-electron chi connectivity index (χ0n) is 46.7. The number of nitrogens with zero attached hydrogens (tertiary/aromatic N) is 4. The highest BCUT2D eigenvalue weighted by molar-refractivity contribution is 7.01. The lowest BCUT2D eigenvalue weighted by Gasteiger charge is -2.44. The first kappa shape index (κ1) is 47.0. The quantitative estimate of drug-likeness (QED) is 0.159. The van der Waals surface area contributed by atoms with E-state index < -0.39 is 0 Å². The first-order valence-electron chi connectivity index (χ1n) is 29.9. The Hall–Kier alpha value is -11.4. The summed E-state index contributed by atoms with van der Waals surface area (Å²) in [6, 6.07) is 102. The second-order valence-corrected chi connectivity index (χ2v) is 23.4. The topological polar surface area (TPSA) is 52.4 Å². The molecule has 0 unspecified atom stereocenters. The molecule has 13 aromatic carbocycles. The van der Waals surface area contributed by atoms with E-state index in [-0.39, 0.29) is 13.4 Å². The summed E-state index contributed by atoms with van der Waals surface area (Å²) in [5.74, 6) is 0. The molecule has 0 fully saturated rings. The fraction of sp³-hybridized carbons (Fsp3) is 0. The summed E-state index contributed by atoms with van der Waals surface area (Å²) in [7, 11) is 0. The van der Waals surface area contributed by atoms with Crippen LogP contribution in [0.25, 0.3) is 76.9 Å². The van der Waals surface area contributed by atoms with Crippen LogP contribution in [0.4, 0.5) is 68.2 Å². The Morgan fingerprint density at radius 3 is 1.36 bits per heavy atom. The van der Waals surface area contributed by atoms with Crippen molar-refractivity contribution in [3.05, 3.63) is 279 Å². The van der Waals surface area contributed by atoms with E-state index in [1.165, 1.54) is 32.8 Å². The molecule has 0 amide bonds. The molecule has 0 saturated carbocycles. The highest BCUT2D eigenvalue weighted by Gasteiger charge is 2.46. The van der Waals surface area contributed by atoms with Gasteiger partial charge in [0.05, 0.1) is 22.1 Å². The second-order valence-electron chi connectivity index (χ2n) is 23.4. The van der Waals surface area contributed by atoms with Crippen LogP contribution in [0.2, 0.25) is 0 Å². The molecule has 0 N–H and O–H groups in total. The fourth-order valence-electron chi connectivity index (χ4n) is 15.6. The van der Waals surface area contributed by atoms with Crippen LogP contribution in [0, 0.1) is 0 Å². The van der Waals surface area contributed by atoms with Gasteiger partial charge in [0.15, 0.2) is 0 Å². The zero-order chi connectivity index (χ0) is 56.6. The number of anilines is 12. The third kappa shape index (κ3) is 6.41. The van der Waals surface area contributed by atoms with Crippen LogP contribution in [0.3, 0.4) is 0 Å². The summed E-state index contributed by atoms with van der Waals surface area (Å²) >= 11 is 0. The van der Waals surface area contributed by atoms with Crippen LogP contribution in [-0.4, -0.2) is 13.4 Å². The number of benzene rings is 13. The Bertz CT molecular complexity index is 5630. The van der Waals surface area contributed by atoms with Crippen molar-refractivity contribution < 1.29 is 13.3 Å². The van der Waals surface area contributed by atoms with E-state index >= 15 is 0 Å². The van der Waals surface area contributed by atoms with Gasteiger partial charge in [0.2, 0.25) is 0 Å². The molecule has 7 nitrogen and oxygen atoms in total. The maximum atomic E-state index is 7.29. The summed E-state index contributed by atoms with van der Waals surface area (Å²) in [5, 5.41) is 6.55. The minimum absolute atomic E-state index is 0.0144. The Morgan fingerprint density at radius 2 is 0.678 bits per heavy atom. The maximum absolute atomic E-state index is 7.29. The van der Waals surface area contributed by atoms with E-state index in [0.717, 1.165) is 145 Å². The minimum atomic E-state index is -0.0791. The van der Waals surface area contributed by atoms with Crippen molar-refractivity contribution in [2.45, 2.75) is 0 Å². The Balaban J connectivity index is 0.766. The number of fused-ring (bicyclic) bond motifs is 17. The van der Waals surface area contributed by atoms with Gasteiger partial charge in [-0.1, -0.05) is 164 Å². The predicted octanol–water partition coefficient (Wildman–Crippen LogP) is 17.2. The summed E-state index contributed by atoms with van der Waals surface area (Å²) in [6.45, 7) is -0.0935. The van der Waals surface area contributed by atoms with E-state index in [4.69, 9.17) is 13.3 Å². The normalized spacial score (nSPS) is 13.6. The van der Waals surface area contributed by atoms with Gasteiger partial charge in [0.1, 0.15) is 33.5 Å². The molecule has 87 heavy (non-hydrogen) atoms. The van der Waals surface area contributed by atoms with Gasteiger partial charge in [0, 0.05) is 90.0 Å². The van der Waals surface area contributed by atoms with E-state index in [1.54, 1.807) is 0 Å². The van der Waals surface area contributed by atoms with Gasteiger partial charge in [-0.25, -0.2) is 0 Å². The van der Waals surface area contributed by atoms with E-state index in [2.05, 4.69) is 287 Å². The molecule has 0 saturated heterocycles. The van der Waals surface area contributed by atoms with E-state index in [1.807, 2.05) is 12.1 Å². The van der Waals surface area contributed by atoms with E-state index in [9.17, 15) is 0 Å². The van der Waals surface area contributed by atoms with Gasteiger partial charge < -0.3 is 32.9 Å². The third-order valence-electron chi connectivity index (χ3n) is 19.0. The molecule has 4 aliphatic rings. The molecule has 0 spiro atoms. The van der Waals surface area contributed by atoms with Crippen LogP contribution >= 0.6 is 0 Å². The third-order valence-corrected chi connectivity index (χ3v) is 19.0. The van der Waals surface area contributed by atoms with Crippen molar-refractivity contribution in [1.29, 1.82) is 0 Å². The first-order valence-corrected chi connectivity index (χ1v) is 29.9. The predicted molar refractivity (Wildman–Crippen MR) is 362 cm³/mol. The van der Waals surface area contributed by atoms with Crippen molar-refractivity contribution in [3.63, 3.8) is 0 Å². The van der Waals surface area contributed by atoms with Crippen LogP contribution in [0.1, 0.15) is 0 Å². The van der Waals surface area contributed by atoms with Crippen molar-refractivity contribution >= 4 is 180 Å². The molecule has 402 valence electrons. The maximum Gasteiger partial charge on any atom is 0.252 e. The van der Waals surface area contributed by atoms with Gasteiger partial charge in [-0.3, -0.25) is 0 Å². The number of para-hydroxylation sites is 7. The molecule has 0 aliphatic carbocycles. The number of hydrogen-bond donors (Lipinski definition) is 0. The molecule has 0 atom stereocenters.